The zero-order valence-corrected chi connectivity index (χ0v) is 8.29. The monoisotopic (exact) mass is 202 g/mol. The molecule has 2 heteroatoms. The summed E-state index contributed by atoms with van der Waals surface area (Å²) < 4.78 is 24.3. The van der Waals surface area contributed by atoms with Gasteiger partial charge in [-0.3, -0.25) is 4.79 Å². The Morgan fingerprint density at radius 3 is 3.07 bits per heavy atom. The highest BCUT2D eigenvalue weighted by Gasteiger charge is 2.23. The average Bonchev–Trinajstić information content (AvgIpc) is 2.63. The van der Waals surface area contributed by atoms with Crippen LogP contribution in [0.25, 0.3) is 10.9 Å². The molecular weight excluding hydrogens is 186 g/mol. The molecule has 0 radical (unpaired) electrons. The van der Waals surface area contributed by atoms with Gasteiger partial charge in [0, 0.05) is 39.7 Å². The van der Waals surface area contributed by atoms with E-state index in [9.17, 15) is 4.79 Å². The van der Waals surface area contributed by atoms with Crippen molar-refractivity contribution in [3.8, 4) is 0 Å². The van der Waals surface area contributed by atoms with Gasteiger partial charge in [0.2, 0.25) is 0 Å². The maximum absolute atomic E-state index is 12.0. The highest BCUT2D eigenvalue weighted by Crippen LogP contribution is 2.30. The Balaban J connectivity index is 2.45. The van der Waals surface area contributed by atoms with Crippen molar-refractivity contribution in [1.82, 2.24) is 4.57 Å². The van der Waals surface area contributed by atoms with Crippen LogP contribution < -0.4 is 0 Å². The van der Waals surface area contributed by atoms with E-state index in [-0.39, 0.29) is 5.78 Å². The average molecular weight is 202 g/mol. The molecule has 2 nitrogen and oxygen atoms in total. The fourth-order valence-corrected chi connectivity index (χ4v) is 2.38. The van der Waals surface area contributed by atoms with Crippen molar-refractivity contribution in [1.29, 1.82) is 0 Å². The van der Waals surface area contributed by atoms with E-state index in [0.29, 0.717) is 29.6 Å². The molecule has 0 saturated heterocycles. The maximum atomic E-state index is 12.0. The minimum atomic E-state index is -2.23. The Hall–Kier alpha value is -1.57. The molecule has 2 aromatic rings. The van der Waals surface area contributed by atoms with Crippen molar-refractivity contribution >= 4 is 16.7 Å². The Labute approximate surface area is 92.7 Å². The fourth-order valence-electron chi connectivity index (χ4n) is 2.38. The molecule has 1 heterocycles. The standard InChI is InChI=1S/C13H13NO/c1-14-10-6-3-2-5-9(10)13-11(14)7-4-8-12(13)15/h2-3,5-6H,4,7-8H2,1H3/i1D3. The molecule has 3 rings (SSSR count). The number of fused-ring (bicyclic) bond motifs is 3. The lowest BCUT2D eigenvalue weighted by atomic mass is 9.94. The zero-order valence-electron chi connectivity index (χ0n) is 11.3. The summed E-state index contributed by atoms with van der Waals surface area (Å²) in [5.41, 5.74) is 1.93. The number of hydrogen-bond donors (Lipinski definition) is 0. The lowest BCUT2D eigenvalue weighted by Crippen LogP contribution is -2.11. The molecule has 0 bridgehead atoms. The zero-order chi connectivity index (χ0) is 12.9. The highest BCUT2D eigenvalue weighted by atomic mass is 16.1. The number of carbonyl (C=O) groups is 1. The van der Waals surface area contributed by atoms with E-state index in [1.807, 2.05) is 12.1 Å². The molecule has 1 aliphatic rings. The number of hydrogen-bond acceptors (Lipinski definition) is 1. The van der Waals surface area contributed by atoms with E-state index in [4.69, 9.17) is 4.11 Å². The summed E-state index contributed by atoms with van der Waals surface area (Å²) in [6.45, 7) is -2.23. The molecule has 1 aromatic carbocycles. The van der Waals surface area contributed by atoms with Crippen LogP contribution in [0.3, 0.4) is 0 Å². The molecular formula is C13H13NO. The first kappa shape index (κ1) is 6.11. The van der Waals surface area contributed by atoms with Gasteiger partial charge < -0.3 is 4.57 Å². The highest BCUT2D eigenvalue weighted by molar-refractivity contribution is 6.10. The summed E-state index contributed by atoms with van der Waals surface area (Å²) in [5.74, 6) is 0.0652. The van der Waals surface area contributed by atoms with Crippen molar-refractivity contribution < 1.29 is 8.91 Å². The summed E-state index contributed by atoms with van der Waals surface area (Å²) in [4.78, 5) is 12.0. The van der Waals surface area contributed by atoms with E-state index in [1.54, 1.807) is 12.1 Å². The molecule has 76 valence electrons. The van der Waals surface area contributed by atoms with Crippen LogP contribution in [-0.4, -0.2) is 10.4 Å². The van der Waals surface area contributed by atoms with Crippen LogP contribution >= 0.6 is 0 Å². The third-order valence-electron chi connectivity index (χ3n) is 3.07. The lowest BCUT2D eigenvalue weighted by Gasteiger charge is -2.11. The quantitative estimate of drug-likeness (QED) is 0.643. The Morgan fingerprint density at radius 2 is 2.20 bits per heavy atom. The minimum Gasteiger partial charge on any atom is -0.347 e. The number of aryl methyl sites for hydroxylation is 1. The molecule has 0 atom stereocenters. The normalized spacial score (nSPS) is 19.5. The van der Waals surface area contributed by atoms with Gasteiger partial charge in [-0.2, -0.15) is 0 Å². The Bertz CT molecular complexity index is 639. The topological polar surface area (TPSA) is 22.0 Å². The van der Waals surface area contributed by atoms with E-state index in [0.717, 1.165) is 11.8 Å². The molecule has 0 spiro atoms. The molecule has 1 aromatic heterocycles. The molecule has 0 unspecified atom stereocenters. The molecule has 0 fully saturated rings. The predicted molar refractivity (Wildman–Crippen MR) is 60.2 cm³/mol. The smallest absolute Gasteiger partial charge is 0.165 e. The van der Waals surface area contributed by atoms with Crippen molar-refractivity contribution in [2.75, 3.05) is 0 Å². The first-order chi connectivity index (χ1) is 8.50. The number of carbonyl (C=O) groups excluding carboxylic acids is 1. The van der Waals surface area contributed by atoms with E-state index in [2.05, 4.69) is 0 Å². The summed E-state index contributed by atoms with van der Waals surface area (Å²) in [6.07, 6.45) is 1.91. The van der Waals surface area contributed by atoms with Crippen LogP contribution in [0.4, 0.5) is 0 Å². The maximum Gasteiger partial charge on any atom is 0.165 e. The Morgan fingerprint density at radius 1 is 1.33 bits per heavy atom. The molecule has 0 amide bonds. The predicted octanol–water partition coefficient (Wildman–Crippen LogP) is 2.70. The van der Waals surface area contributed by atoms with Gasteiger partial charge in [-0.15, -0.1) is 0 Å². The second kappa shape index (κ2) is 2.96. The van der Waals surface area contributed by atoms with E-state index in [1.165, 1.54) is 4.57 Å². The van der Waals surface area contributed by atoms with Crippen LogP contribution in [0, 0.1) is 0 Å². The number of rotatable bonds is 0. The van der Waals surface area contributed by atoms with Crippen molar-refractivity contribution in [3.63, 3.8) is 0 Å². The van der Waals surface area contributed by atoms with Gasteiger partial charge in [-0.25, -0.2) is 0 Å². The summed E-state index contributed by atoms with van der Waals surface area (Å²) in [5, 5.41) is 0.772. The van der Waals surface area contributed by atoms with E-state index >= 15 is 0 Å². The molecule has 0 saturated carbocycles. The Kier molecular flexibility index (Phi) is 1.20. The van der Waals surface area contributed by atoms with Crippen molar-refractivity contribution in [3.05, 3.63) is 35.5 Å². The van der Waals surface area contributed by atoms with Crippen LogP contribution in [0.2, 0.25) is 0 Å². The van der Waals surface area contributed by atoms with Gasteiger partial charge >= 0.3 is 0 Å². The summed E-state index contributed by atoms with van der Waals surface area (Å²) >= 11 is 0. The summed E-state index contributed by atoms with van der Waals surface area (Å²) in [7, 11) is 0. The van der Waals surface area contributed by atoms with Crippen LogP contribution in [0.5, 0.6) is 0 Å². The second-order valence-electron chi connectivity index (χ2n) is 3.95. The first-order valence-electron chi connectivity index (χ1n) is 6.66. The molecule has 0 N–H and O–H groups in total. The SMILES string of the molecule is [2H]C([2H])([2H])n1c2c(c3ccccc31)C(=O)CCC2. The number of aromatic nitrogens is 1. The van der Waals surface area contributed by atoms with Gasteiger partial charge in [-0.05, 0) is 18.9 Å². The van der Waals surface area contributed by atoms with Crippen LogP contribution in [0.1, 0.15) is 33.0 Å². The number of ketones is 1. The third-order valence-corrected chi connectivity index (χ3v) is 3.07. The minimum absolute atomic E-state index is 0.0652. The van der Waals surface area contributed by atoms with E-state index < -0.39 is 6.98 Å². The van der Waals surface area contributed by atoms with Gasteiger partial charge in [0.15, 0.2) is 5.78 Å². The fraction of sp³-hybridized carbons (Fsp3) is 0.308. The molecule has 15 heavy (non-hydrogen) atoms. The molecule has 0 aliphatic heterocycles. The second-order valence-corrected chi connectivity index (χ2v) is 3.95. The number of para-hydroxylation sites is 1. The number of nitrogens with zero attached hydrogens (tertiary/aromatic N) is 1. The van der Waals surface area contributed by atoms with Gasteiger partial charge in [0.1, 0.15) is 0 Å². The van der Waals surface area contributed by atoms with Crippen LogP contribution in [-0.2, 0) is 13.4 Å². The lowest BCUT2D eigenvalue weighted by molar-refractivity contribution is 0.0973. The third kappa shape index (κ3) is 1.08. The van der Waals surface area contributed by atoms with Crippen LogP contribution in [0.15, 0.2) is 24.3 Å². The summed E-state index contributed by atoms with van der Waals surface area (Å²) in [6, 6.07) is 7.25. The van der Waals surface area contributed by atoms with Gasteiger partial charge in [0.05, 0.1) is 0 Å². The largest absolute Gasteiger partial charge is 0.347 e. The number of benzene rings is 1. The molecule has 1 aliphatic carbocycles. The van der Waals surface area contributed by atoms with Crippen molar-refractivity contribution in [2.45, 2.75) is 19.3 Å². The van der Waals surface area contributed by atoms with Gasteiger partial charge in [-0.1, -0.05) is 18.2 Å². The first-order valence-corrected chi connectivity index (χ1v) is 5.16. The van der Waals surface area contributed by atoms with Gasteiger partial charge in [0.25, 0.3) is 0 Å². The number of Topliss-reactive ketones (excluding diaryl/α,β-unsaturated/α-hetero) is 1. The van der Waals surface area contributed by atoms with Crippen molar-refractivity contribution in [2.24, 2.45) is 6.98 Å².